The Hall–Kier alpha value is -2.39. The molecule has 2 heterocycles. The smallest absolute Gasteiger partial charge is 0.226 e. The van der Waals surface area contributed by atoms with Crippen LogP contribution in [0.3, 0.4) is 0 Å². The number of aliphatic hydroxyl groups is 1. The average molecular weight is 535 g/mol. The first-order chi connectivity index (χ1) is 17.5. The van der Waals surface area contributed by atoms with E-state index in [-0.39, 0.29) is 24.3 Å². The summed E-state index contributed by atoms with van der Waals surface area (Å²) in [6.07, 6.45) is 6.67. The summed E-state index contributed by atoms with van der Waals surface area (Å²) in [5, 5.41) is 14.2. The Morgan fingerprint density at radius 3 is 2.70 bits per heavy atom. The fourth-order valence-electron chi connectivity index (χ4n) is 5.06. The van der Waals surface area contributed by atoms with Crippen molar-refractivity contribution in [2.75, 3.05) is 26.2 Å². The maximum Gasteiger partial charge on any atom is 0.226 e. The van der Waals surface area contributed by atoms with Gasteiger partial charge in [0.2, 0.25) is 12.3 Å². The van der Waals surface area contributed by atoms with E-state index in [1.165, 1.54) is 0 Å². The molecule has 37 heavy (non-hydrogen) atoms. The fourth-order valence-corrected chi connectivity index (χ4v) is 5.37. The molecule has 0 aromatic heterocycles. The molecule has 3 rings (SSSR count). The summed E-state index contributed by atoms with van der Waals surface area (Å²) in [5.41, 5.74) is 2.09. The zero-order valence-electron chi connectivity index (χ0n) is 22.5. The third-order valence-corrected chi connectivity index (χ3v) is 7.89. The summed E-state index contributed by atoms with van der Waals surface area (Å²) in [7, 11) is 4.84. The number of aliphatic hydroxyl groups excluding tert-OH is 1. The average Bonchev–Trinajstić information content (AvgIpc) is 3.55. The summed E-state index contributed by atoms with van der Waals surface area (Å²) in [6.45, 7) is 5.89. The molecule has 4 unspecified atom stereocenters. The molecular formula is C28H39ClN2O6. The lowest BCUT2D eigenvalue weighted by molar-refractivity contribution is -0.118. The largest absolute Gasteiger partial charge is 0.495 e. The van der Waals surface area contributed by atoms with Gasteiger partial charge in [0.05, 0.1) is 42.8 Å². The number of ether oxygens (including phenoxy) is 3. The van der Waals surface area contributed by atoms with Crippen LogP contribution in [0.2, 0.25) is 5.02 Å². The molecule has 2 aliphatic rings. The monoisotopic (exact) mass is 534 g/mol. The second kappa shape index (κ2) is 12.4. The van der Waals surface area contributed by atoms with Gasteiger partial charge in [-0.1, -0.05) is 42.3 Å². The topological polar surface area (TPSA) is 101 Å². The zero-order valence-corrected chi connectivity index (χ0v) is 23.2. The van der Waals surface area contributed by atoms with Crippen LogP contribution in [0.15, 0.2) is 35.9 Å². The van der Waals surface area contributed by atoms with Gasteiger partial charge in [-0.2, -0.15) is 0 Å². The Bertz CT molecular complexity index is 1040. The lowest BCUT2D eigenvalue weighted by Gasteiger charge is -2.28. The minimum absolute atomic E-state index is 0.0870. The summed E-state index contributed by atoms with van der Waals surface area (Å²) in [5.74, 6) is 0.219. The van der Waals surface area contributed by atoms with Crippen molar-refractivity contribution in [2.45, 2.75) is 76.4 Å². The van der Waals surface area contributed by atoms with Crippen molar-refractivity contribution in [1.82, 2.24) is 5.32 Å². The van der Waals surface area contributed by atoms with Crippen molar-refractivity contribution in [3.05, 3.63) is 46.5 Å². The molecule has 204 valence electrons. The molecule has 2 bridgehead atoms. The molecule has 2 amide bonds. The molecule has 1 fully saturated rings. The predicted octanol–water partition coefficient (Wildman–Crippen LogP) is 3.82. The molecule has 0 radical (unpaired) electrons. The first-order valence-corrected chi connectivity index (χ1v) is 13.0. The van der Waals surface area contributed by atoms with Gasteiger partial charge in [-0.25, -0.2) is 0 Å². The normalized spacial score (nSPS) is 33.6. The molecule has 1 saturated heterocycles. The number of epoxide rings is 1. The molecule has 8 nitrogen and oxygen atoms in total. The van der Waals surface area contributed by atoms with Crippen LogP contribution in [0.4, 0.5) is 5.69 Å². The van der Waals surface area contributed by atoms with E-state index in [1.54, 1.807) is 26.2 Å². The Morgan fingerprint density at radius 2 is 2.05 bits per heavy atom. The highest BCUT2D eigenvalue weighted by Crippen LogP contribution is 2.46. The zero-order chi connectivity index (χ0) is 27.3. The number of nitrogens with one attached hydrogen (secondary N) is 1. The van der Waals surface area contributed by atoms with Crippen molar-refractivity contribution in [1.29, 1.82) is 0 Å². The molecule has 2 N–H and O–H groups in total. The van der Waals surface area contributed by atoms with Gasteiger partial charge in [0.25, 0.3) is 0 Å². The van der Waals surface area contributed by atoms with Gasteiger partial charge in [0, 0.05) is 26.5 Å². The van der Waals surface area contributed by atoms with Gasteiger partial charge in [0.1, 0.15) is 10.8 Å². The van der Waals surface area contributed by atoms with E-state index >= 15 is 0 Å². The van der Waals surface area contributed by atoms with Crippen molar-refractivity contribution < 1.29 is 28.9 Å². The van der Waals surface area contributed by atoms with Gasteiger partial charge in [-0.3, -0.25) is 9.59 Å². The molecule has 2 aliphatic heterocycles. The number of benzene rings is 1. The summed E-state index contributed by atoms with van der Waals surface area (Å²) in [6, 6.07) is 3.37. The van der Waals surface area contributed by atoms with Crippen LogP contribution in [-0.4, -0.2) is 68.6 Å². The number of fused-ring (bicyclic) bond motifs is 3. The van der Waals surface area contributed by atoms with Crippen LogP contribution in [0.1, 0.15) is 45.6 Å². The molecule has 1 aromatic carbocycles. The highest BCUT2D eigenvalue weighted by molar-refractivity contribution is 6.35. The van der Waals surface area contributed by atoms with Gasteiger partial charge >= 0.3 is 0 Å². The summed E-state index contributed by atoms with van der Waals surface area (Å²) in [4.78, 5) is 26.0. The summed E-state index contributed by atoms with van der Waals surface area (Å²) < 4.78 is 17.1. The van der Waals surface area contributed by atoms with Crippen molar-refractivity contribution in [3.8, 4) is 5.75 Å². The fraction of sp³-hybridized carbons (Fsp3) is 0.571. The number of amides is 2. The lowest BCUT2D eigenvalue weighted by Crippen LogP contribution is -2.43. The molecule has 1 aromatic rings. The third kappa shape index (κ3) is 6.93. The lowest BCUT2D eigenvalue weighted by atomic mass is 9.86. The standard InChI is InChI=1S/C28H39ClN2O6/c1-17-8-7-9-23(35-5)20(30-16-32)15-22(33)18(2)27-28(3,37-27)11-10-25(34)31(4)21-13-19(12-17)14-24(36-6)26(21)29/h7-9,13-14,16,18,20,22-23,27,33H,10-12,15H2,1-6H3,(H,30,32)/b9-7+,17-8+/t18-,20?,22?,23?,27?,28+/m1/s1. The van der Waals surface area contributed by atoms with Gasteiger partial charge < -0.3 is 29.5 Å². The number of methoxy groups -OCH3 is 2. The Labute approximate surface area is 224 Å². The maximum atomic E-state index is 13.2. The predicted molar refractivity (Wildman–Crippen MR) is 144 cm³/mol. The van der Waals surface area contributed by atoms with Crippen LogP contribution in [0.5, 0.6) is 5.75 Å². The van der Waals surface area contributed by atoms with Gasteiger partial charge in [0.15, 0.2) is 0 Å². The Morgan fingerprint density at radius 1 is 1.32 bits per heavy atom. The number of carbonyl (C=O) groups is 2. The molecule has 9 heteroatoms. The van der Waals surface area contributed by atoms with Gasteiger partial charge in [-0.15, -0.1) is 0 Å². The third-order valence-electron chi connectivity index (χ3n) is 7.51. The maximum absolute atomic E-state index is 13.2. The van der Waals surface area contributed by atoms with Crippen molar-refractivity contribution >= 4 is 29.6 Å². The van der Waals surface area contributed by atoms with E-state index in [2.05, 4.69) is 5.32 Å². The van der Waals surface area contributed by atoms with E-state index in [4.69, 9.17) is 25.8 Å². The molecule has 0 aliphatic carbocycles. The van der Waals surface area contributed by atoms with Crippen LogP contribution < -0.4 is 15.0 Å². The molecule has 0 spiro atoms. The number of allylic oxidation sites excluding steroid dienone is 3. The van der Waals surface area contributed by atoms with E-state index in [1.807, 2.05) is 51.1 Å². The molecule has 0 saturated carbocycles. The minimum Gasteiger partial charge on any atom is -0.495 e. The Balaban J connectivity index is 1.98. The van der Waals surface area contributed by atoms with Crippen molar-refractivity contribution in [3.63, 3.8) is 0 Å². The number of carbonyl (C=O) groups excluding carboxylic acids is 2. The second-order valence-electron chi connectivity index (χ2n) is 10.3. The number of nitrogens with zero attached hydrogens (tertiary/aromatic N) is 1. The van der Waals surface area contributed by atoms with E-state index in [0.29, 0.717) is 42.1 Å². The van der Waals surface area contributed by atoms with E-state index < -0.39 is 23.9 Å². The van der Waals surface area contributed by atoms with Crippen LogP contribution in [0.25, 0.3) is 0 Å². The highest BCUT2D eigenvalue weighted by atomic mass is 35.5. The van der Waals surface area contributed by atoms with Gasteiger partial charge in [-0.05, 0) is 50.8 Å². The Kier molecular flexibility index (Phi) is 9.80. The summed E-state index contributed by atoms with van der Waals surface area (Å²) >= 11 is 6.60. The number of anilines is 1. The van der Waals surface area contributed by atoms with E-state index in [0.717, 1.165) is 11.1 Å². The second-order valence-corrected chi connectivity index (χ2v) is 10.6. The number of hydrogen-bond acceptors (Lipinski definition) is 6. The first-order valence-electron chi connectivity index (χ1n) is 12.6. The first kappa shape index (κ1) is 29.2. The highest BCUT2D eigenvalue weighted by Gasteiger charge is 2.56. The minimum atomic E-state index is -0.735. The van der Waals surface area contributed by atoms with Crippen LogP contribution >= 0.6 is 11.6 Å². The van der Waals surface area contributed by atoms with Crippen LogP contribution in [0, 0.1) is 5.92 Å². The molecular weight excluding hydrogens is 496 g/mol. The SMILES string of the molecule is COc1cc2cc(c1Cl)N(C)C(=O)CC[C@]1(C)OC1[C@H](C)C(O)CC(NC=O)C(OC)/C=C/C=C(\C)C2. The number of halogens is 1. The number of hydrogen-bond donors (Lipinski definition) is 2. The van der Waals surface area contributed by atoms with Crippen molar-refractivity contribution in [2.24, 2.45) is 5.92 Å². The molecule has 6 atom stereocenters. The van der Waals surface area contributed by atoms with Crippen LogP contribution in [-0.2, 0) is 25.5 Å². The quantitative estimate of drug-likeness (QED) is 0.450. The number of rotatable bonds is 4. The van der Waals surface area contributed by atoms with E-state index in [9.17, 15) is 14.7 Å².